The quantitative estimate of drug-likeness (QED) is 0.855. The second-order valence-corrected chi connectivity index (χ2v) is 7.95. The van der Waals surface area contributed by atoms with Crippen LogP contribution >= 0.6 is 0 Å². The molecule has 1 N–H and O–H groups in total. The Balaban J connectivity index is 1.80. The minimum Gasteiger partial charge on any atom is -0.353 e. The van der Waals surface area contributed by atoms with E-state index in [0.717, 1.165) is 5.56 Å². The highest BCUT2D eigenvalue weighted by atomic mass is 32.2. The third-order valence-electron chi connectivity index (χ3n) is 3.95. The number of hydrogen-bond acceptors (Lipinski definition) is 3. The van der Waals surface area contributed by atoms with Gasteiger partial charge < -0.3 is 5.32 Å². The molecule has 0 unspecified atom stereocenters. The Kier molecular flexibility index (Phi) is 6.12. The Morgan fingerprint density at radius 1 is 1.26 bits per heavy atom. The Morgan fingerprint density at radius 2 is 1.87 bits per heavy atom. The maximum Gasteiger partial charge on any atom is 0.224 e. The molecule has 1 saturated heterocycles. The lowest BCUT2D eigenvalue weighted by atomic mass is 10.1. The fourth-order valence-corrected chi connectivity index (χ4v) is 4.27. The molecule has 0 spiro atoms. The molecule has 0 aliphatic carbocycles. The van der Waals surface area contributed by atoms with Crippen molar-refractivity contribution in [2.45, 2.75) is 38.6 Å². The first-order valence-electron chi connectivity index (χ1n) is 7.92. The summed E-state index contributed by atoms with van der Waals surface area (Å²) in [4.78, 5) is 12.0. The molecule has 23 heavy (non-hydrogen) atoms. The lowest BCUT2D eigenvalue weighted by molar-refractivity contribution is -0.121. The van der Waals surface area contributed by atoms with Gasteiger partial charge in [0.1, 0.15) is 5.82 Å². The first-order chi connectivity index (χ1) is 10.9. The van der Waals surface area contributed by atoms with E-state index >= 15 is 0 Å². The van der Waals surface area contributed by atoms with Crippen molar-refractivity contribution < 1.29 is 17.6 Å². The SMILES string of the molecule is CCCS(=O)(=O)N1CCC(NC(=O)Cc2ccc(F)cc2)CC1. The maximum atomic E-state index is 12.8. The van der Waals surface area contributed by atoms with Crippen molar-refractivity contribution in [3.8, 4) is 0 Å². The Hall–Kier alpha value is -1.47. The largest absolute Gasteiger partial charge is 0.353 e. The highest BCUT2D eigenvalue weighted by Gasteiger charge is 2.27. The monoisotopic (exact) mass is 342 g/mol. The van der Waals surface area contributed by atoms with E-state index < -0.39 is 10.0 Å². The third kappa shape index (κ3) is 5.28. The molecule has 128 valence electrons. The third-order valence-corrected chi connectivity index (χ3v) is 6.03. The number of sulfonamides is 1. The molecule has 7 heteroatoms. The van der Waals surface area contributed by atoms with Gasteiger partial charge in [-0.1, -0.05) is 19.1 Å². The summed E-state index contributed by atoms with van der Waals surface area (Å²) in [5.74, 6) is -0.268. The number of benzene rings is 1. The summed E-state index contributed by atoms with van der Waals surface area (Å²) in [5.41, 5.74) is 0.756. The smallest absolute Gasteiger partial charge is 0.224 e. The van der Waals surface area contributed by atoms with E-state index in [-0.39, 0.29) is 29.9 Å². The first-order valence-corrected chi connectivity index (χ1v) is 9.53. The molecule has 1 fully saturated rings. The van der Waals surface area contributed by atoms with Crippen LogP contribution in [0.15, 0.2) is 24.3 Å². The predicted molar refractivity (Wildman–Crippen MR) is 86.9 cm³/mol. The van der Waals surface area contributed by atoms with Crippen LogP contribution in [-0.2, 0) is 21.2 Å². The number of amides is 1. The lowest BCUT2D eigenvalue weighted by Crippen LogP contribution is -2.47. The molecule has 1 aliphatic rings. The molecular weight excluding hydrogens is 319 g/mol. The maximum absolute atomic E-state index is 12.8. The molecule has 1 aliphatic heterocycles. The van der Waals surface area contributed by atoms with E-state index in [4.69, 9.17) is 0 Å². The second-order valence-electron chi connectivity index (χ2n) is 5.86. The van der Waals surface area contributed by atoms with Gasteiger partial charge in [-0.05, 0) is 37.0 Å². The van der Waals surface area contributed by atoms with E-state index in [9.17, 15) is 17.6 Å². The minimum atomic E-state index is -3.15. The molecule has 0 saturated carbocycles. The summed E-state index contributed by atoms with van der Waals surface area (Å²) in [7, 11) is -3.15. The van der Waals surface area contributed by atoms with Crippen LogP contribution < -0.4 is 5.32 Å². The van der Waals surface area contributed by atoms with Gasteiger partial charge in [0.2, 0.25) is 15.9 Å². The molecule has 1 amide bonds. The number of halogens is 1. The topological polar surface area (TPSA) is 66.5 Å². The molecule has 1 aromatic rings. The molecule has 0 aromatic heterocycles. The molecule has 0 bridgehead atoms. The highest BCUT2D eigenvalue weighted by molar-refractivity contribution is 7.89. The standard InChI is InChI=1S/C16H23FN2O3S/c1-2-11-23(21,22)19-9-7-15(8-10-19)18-16(20)12-13-3-5-14(17)6-4-13/h3-6,15H,2,7-12H2,1H3,(H,18,20). The van der Waals surface area contributed by atoms with Crippen molar-refractivity contribution in [2.75, 3.05) is 18.8 Å². The van der Waals surface area contributed by atoms with Crippen molar-refractivity contribution in [3.05, 3.63) is 35.6 Å². The number of rotatable bonds is 6. The number of hydrogen-bond donors (Lipinski definition) is 1. The summed E-state index contributed by atoms with van der Waals surface area (Å²) >= 11 is 0. The number of nitrogens with zero attached hydrogens (tertiary/aromatic N) is 1. The van der Waals surface area contributed by atoms with Gasteiger partial charge >= 0.3 is 0 Å². The van der Waals surface area contributed by atoms with Crippen molar-refractivity contribution in [1.29, 1.82) is 0 Å². The predicted octanol–water partition coefficient (Wildman–Crippen LogP) is 1.69. The second kappa shape index (κ2) is 7.88. The zero-order chi connectivity index (χ0) is 16.9. The highest BCUT2D eigenvalue weighted by Crippen LogP contribution is 2.15. The van der Waals surface area contributed by atoms with Crippen LogP contribution in [0.3, 0.4) is 0 Å². The van der Waals surface area contributed by atoms with Crippen molar-refractivity contribution in [2.24, 2.45) is 0 Å². The molecule has 5 nitrogen and oxygen atoms in total. The molecule has 0 radical (unpaired) electrons. The van der Waals surface area contributed by atoms with Crippen LogP contribution in [0.2, 0.25) is 0 Å². The van der Waals surface area contributed by atoms with Gasteiger partial charge in [0.25, 0.3) is 0 Å². The summed E-state index contributed by atoms with van der Waals surface area (Å²) in [6.45, 7) is 2.74. The number of nitrogens with one attached hydrogen (secondary N) is 1. The van der Waals surface area contributed by atoms with Gasteiger partial charge in [-0.25, -0.2) is 17.1 Å². The zero-order valence-electron chi connectivity index (χ0n) is 13.3. The van der Waals surface area contributed by atoms with Gasteiger partial charge in [0, 0.05) is 19.1 Å². The Morgan fingerprint density at radius 3 is 2.43 bits per heavy atom. The van der Waals surface area contributed by atoms with Gasteiger partial charge in [-0.15, -0.1) is 0 Å². The number of carbonyl (C=O) groups excluding carboxylic acids is 1. The van der Waals surface area contributed by atoms with Gasteiger partial charge in [0.15, 0.2) is 0 Å². The summed E-state index contributed by atoms with van der Waals surface area (Å²) < 4.78 is 38.3. The molecule has 1 heterocycles. The van der Waals surface area contributed by atoms with E-state index in [0.29, 0.717) is 32.4 Å². The summed E-state index contributed by atoms with van der Waals surface area (Å²) in [5, 5.41) is 2.93. The average molecular weight is 342 g/mol. The average Bonchev–Trinajstić information content (AvgIpc) is 2.50. The van der Waals surface area contributed by atoms with Crippen LogP contribution in [0.4, 0.5) is 4.39 Å². The van der Waals surface area contributed by atoms with Crippen LogP contribution in [0.25, 0.3) is 0 Å². The molecular formula is C16H23FN2O3S. The Labute approximate surface area is 136 Å². The van der Waals surface area contributed by atoms with Crippen LogP contribution in [-0.4, -0.2) is 43.5 Å². The van der Waals surface area contributed by atoms with Crippen molar-refractivity contribution in [1.82, 2.24) is 9.62 Å². The molecule has 1 aromatic carbocycles. The lowest BCUT2D eigenvalue weighted by Gasteiger charge is -2.31. The fraction of sp³-hybridized carbons (Fsp3) is 0.562. The molecule has 2 rings (SSSR count). The van der Waals surface area contributed by atoms with Crippen molar-refractivity contribution >= 4 is 15.9 Å². The van der Waals surface area contributed by atoms with E-state index in [1.165, 1.54) is 16.4 Å². The number of carbonyl (C=O) groups is 1. The van der Waals surface area contributed by atoms with E-state index in [1.807, 2.05) is 6.92 Å². The van der Waals surface area contributed by atoms with Gasteiger partial charge in [-0.2, -0.15) is 0 Å². The van der Waals surface area contributed by atoms with E-state index in [1.54, 1.807) is 12.1 Å². The van der Waals surface area contributed by atoms with Crippen molar-refractivity contribution in [3.63, 3.8) is 0 Å². The van der Waals surface area contributed by atoms with E-state index in [2.05, 4.69) is 5.32 Å². The summed E-state index contributed by atoms with van der Waals surface area (Å²) in [6.07, 6.45) is 2.06. The summed E-state index contributed by atoms with van der Waals surface area (Å²) in [6, 6.07) is 5.85. The first kappa shape index (κ1) is 17.9. The number of piperidine rings is 1. The normalized spacial score (nSPS) is 17.1. The molecule has 0 atom stereocenters. The van der Waals surface area contributed by atoms with Crippen LogP contribution in [0.1, 0.15) is 31.7 Å². The zero-order valence-corrected chi connectivity index (χ0v) is 14.1. The van der Waals surface area contributed by atoms with Crippen LogP contribution in [0, 0.1) is 5.82 Å². The van der Waals surface area contributed by atoms with Crippen LogP contribution in [0.5, 0.6) is 0 Å². The van der Waals surface area contributed by atoms with Gasteiger partial charge in [0.05, 0.1) is 12.2 Å². The minimum absolute atomic E-state index is 0.00368. The Bertz CT molecular complexity index is 623. The fourth-order valence-electron chi connectivity index (χ4n) is 2.73. The van der Waals surface area contributed by atoms with Gasteiger partial charge in [-0.3, -0.25) is 4.79 Å².